The topological polar surface area (TPSA) is 12.9 Å². The van der Waals surface area contributed by atoms with Crippen molar-refractivity contribution in [1.82, 2.24) is 4.98 Å². The third-order valence-electron chi connectivity index (χ3n) is 2.25. The largest absolute Gasteiger partial charge is 0.244 e. The molecule has 1 aromatic carbocycles. The number of hydrogen-bond donors (Lipinski definition) is 0. The number of benzene rings is 1. The summed E-state index contributed by atoms with van der Waals surface area (Å²) >= 11 is 1.44. The van der Waals surface area contributed by atoms with Crippen LogP contribution < -0.4 is 0 Å². The molecule has 2 aromatic rings. The first kappa shape index (κ1) is 11.2. The standard InChI is InChI=1S/C12H11F2NS/c1-7(2)11-6-15-12(16-11)9-4-3-8(13)5-10(9)14/h3-7H,1-2H3. The molecule has 0 spiro atoms. The first-order valence-corrected chi connectivity index (χ1v) is 5.80. The molecule has 0 radical (unpaired) electrons. The molecule has 0 N–H and O–H groups in total. The summed E-state index contributed by atoms with van der Waals surface area (Å²) in [6.45, 7) is 4.11. The molecule has 0 aliphatic heterocycles. The quantitative estimate of drug-likeness (QED) is 0.765. The minimum Gasteiger partial charge on any atom is -0.244 e. The number of rotatable bonds is 2. The molecule has 0 aliphatic rings. The highest BCUT2D eigenvalue weighted by atomic mass is 32.1. The van der Waals surface area contributed by atoms with E-state index in [1.165, 1.54) is 23.5 Å². The molecule has 0 unspecified atom stereocenters. The Hall–Kier alpha value is -1.29. The summed E-state index contributed by atoms with van der Waals surface area (Å²) in [4.78, 5) is 5.25. The summed E-state index contributed by atoms with van der Waals surface area (Å²) in [7, 11) is 0. The second-order valence-corrected chi connectivity index (χ2v) is 4.91. The van der Waals surface area contributed by atoms with Gasteiger partial charge < -0.3 is 0 Å². The number of nitrogens with zero attached hydrogens (tertiary/aromatic N) is 1. The van der Waals surface area contributed by atoms with Crippen LogP contribution >= 0.6 is 11.3 Å². The molecular formula is C12H11F2NS. The molecule has 0 saturated carbocycles. The normalized spacial score (nSPS) is 11.1. The smallest absolute Gasteiger partial charge is 0.136 e. The predicted molar refractivity (Wildman–Crippen MR) is 61.6 cm³/mol. The van der Waals surface area contributed by atoms with Crippen LogP contribution in [0.2, 0.25) is 0 Å². The lowest BCUT2D eigenvalue weighted by Gasteiger charge is -1.99. The van der Waals surface area contributed by atoms with Gasteiger partial charge in [0.1, 0.15) is 16.6 Å². The molecule has 84 valence electrons. The minimum absolute atomic E-state index is 0.360. The zero-order valence-corrected chi connectivity index (χ0v) is 9.81. The van der Waals surface area contributed by atoms with Crippen LogP contribution in [0.4, 0.5) is 8.78 Å². The Morgan fingerprint density at radius 3 is 2.56 bits per heavy atom. The van der Waals surface area contributed by atoms with Crippen molar-refractivity contribution in [3.63, 3.8) is 0 Å². The van der Waals surface area contributed by atoms with Crippen molar-refractivity contribution in [3.8, 4) is 10.6 Å². The van der Waals surface area contributed by atoms with E-state index in [1.54, 1.807) is 6.20 Å². The molecule has 0 fully saturated rings. The lowest BCUT2D eigenvalue weighted by Crippen LogP contribution is -1.84. The Bertz CT molecular complexity index is 505. The molecule has 2 rings (SSSR count). The molecular weight excluding hydrogens is 228 g/mol. The molecule has 1 aromatic heterocycles. The predicted octanol–water partition coefficient (Wildman–Crippen LogP) is 4.21. The maximum Gasteiger partial charge on any atom is 0.136 e. The maximum atomic E-state index is 13.5. The molecule has 0 bridgehead atoms. The zero-order valence-electron chi connectivity index (χ0n) is 9.00. The molecule has 0 aliphatic carbocycles. The second-order valence-electron chi connectivity index (χ2n) is 3.85. The average Bonchev–Trinajstić information content (AvgIpc) is 2.66. The van der Waals surface area contributed by atoms with Gasteiger partial charge in [0.05, 0.1) is 0 Å². The Morgan fingerprint density at radius 2 is 2.00 bits per heavy atom. The van der Waals surface area contributed by atoms with Gasteiger partial charge in [0, 0.05) is 22.7 Å². The van der Waals surface area contributed by atoms with Crippen molar-refractivity contribution < 1.29 is 8.78 Å². The Labute approximate surface area is 96.8 Å². The third-order valence-corrected chi connectivity index (χ3v) is 3.59. The van der Waals surface area contributed by atoms with Crippen LogP contribution in [0.1, 0.15) is 24.6 Å². The van der Waals surface area contributed by atoms with Gasteiger partial charge in [-0.25, -0.2) is 13.8 Å². The number of halogens is 2. The highest BCUT2D eigenvalue weighted by Crippen LogP contribution is 2.30. The van der Waals surface area contributed by atoms with Gasteiger partial charge in [-0.15, -0.1) is 11.3 Å². The third kappa shape index (κ3) is 2.11. The summed E-state index contributed by atoms with van der Waals surface area (Å²) in [5.74, 6) is -0.763. The molecule has 1 heterocycles. The average molecular weight is 239 g/mol. The summed E-state index contributed by atoms with van der Waals surface area (Å²) in [5.41, 5.74) is 0.360. The van der Waals surface area contributed by atoms with E-state index in [0.717, 1.165) is 10.9 Å². The van der Waals surface area contributed by atoms with Crippen molar-refractivity contribution >= 4 is 11.3 Å². The fraction of sp³-hybridized carbons (Fsp3) is 0.250. The highest BCUT2D eigenvalue weighted by molar-refractivity contribution is 7.15. The maximum absolute atomic E-state index is 13.5. The molecule has 0 amide bonds. The van der Waals surface area contributed by atoms with Crippen molar-refractivity contribution in [2.75, 3.05) is 0 Å². The molecule has 16 heavy (non-hydrogen) atoms. The van der Waals surface area contributed by atoms with E-state index < -0.39 is 11.6 Å². The van der Waals surface area contributed by atoms with E-state index in [0.29, 0.717) is 16.5 Å². The number of hydrogen-bond acceptors (Lipinski definition) is 2. The first-order chi connectivity index (χ1) is 7.58. The van der Waals surface area contributed by atoms with Crippen LogP contribution in [0.15, 0.2) is 24.4 Å². The van der Waals surface area contributed by atoms with Gasteiger partial charge >= 0.3 is 0 Å². The van der Waals surface area contributed by atoms with Crippen molar-refractivity contribution in [3.05, 3.63) is 40.9 Å². The van der Waals surface area contributed by atoms with Crippen LogP contribution in [-0.4, -0.2) is 4.98 Å². The molecule has 0 atom stereocenters. The summed E-state index contributed by atoms with van der Waals surface area (Å²) in [5, 5.41) is 0.598. The van der Waals surface area contributed by atoms with Crippen LogP contribution in [0, 0.1) is 11.6 Å². The SMILES string of the molecule is CC(C)c1cnc(-c2ccc(F)cc2F)s1. The first-order valence-electron chi connectivity index (χ1n) is 4.99. The Morgan fingerprint density at radius 1 is 1.25 bits per heavy atom. The molecule has 1 nitrogen and oxygen atoms in total. The summed E-state index contributed by atoms with van der Waals surface area (Å²) in [6.07, 6.45) is 1.74. The second kappa shape index (κ2) is 4.29. The lowest BCUT2D eigenvalue weighted by molar-refractivity contribution is 0.585. The van der Waals surface area contributed by atoms with Gasteiger partial charge in [0.25, 0.3) is 0 Å². The molecule has 0 saturated heterocycles. The van der Waals surface area contributed by atoms with Gasteiger partial charge in [0.2, 0.25) is 0 Å². The van der Waals surface area contributed by atoms with Crippen LogP contribution in [-0.2, 0) is 0 Å². The van der Waals surface area contributed by atoms with E-state index in [9.17, 15) is 8.78 Å². The van der Waals surface area contributed by atoms with Crippen LogP contribution in [0.5, 0.6) is 0 Å². The minimum atomic E-state index is -0.568. The van der Waals surface area contributed by atoms with E-state index in [2.05, 4.69) is 18.8 Å². The van der Waals surface area contributed by atoms with Crippen LogP contribution in [0.25, 0.3) is 10.6 Å². The van der Waals surface area contributed by atoms with E-state index in [4.69, 9.17) is 0 Å². The van der Waals surface area contributed by atoms with E-state index in [1.807, 2.05) is 0 Å². The fourth-order valence-corrected chi connectivity index (χ4v) is 2.29. The summed E-state index contributed by atoms with van der Waals surface area (Å²) < 4.78 is 26.2. The van der Waals surface area contributed by atoms with Gasteiger partial charge in [-0.05, 0) is 18.1 Å². The summed E-state index contributed by atoms with van der Waals surface area (Å²) in [6, 6.07) is 3.55. The van der Waals surface area contributed by atoms with Gasteiger partial charge in [-0.1, -0.05) is 13.8 Å². The zero-order chi connectivity index (χ0) is 11.7. The fourth-order valence-electron chi connectivity index (χ4n) is 1.34. The van der Waals surface area contributed by atoms with Crippen molar-refractivity contribution in [2.24, 2.45) is 0 Å². The number of aromatic nitrogens is 1. The van der Waals surface area contributed by atoms with E-state index in [-0.39, 0.29) is 0 Å². The molecule has 4 heteroatoms. The number of thiazole rings is 1. The van der Waals surface area contributed by atoms with E-state index >= 15 is 0 Å². The Kier molecular flexibility index (Phi) is 3.01. The monoisotopic (exact) mass is 239 g/mol. The Balaban J connectivity index is 2.42. The highest BCUT2D eigenvalue weighted by Gasteiger charge is 2.11. The van der Waals surface area contributed by atoms with Gasteiger partial charge in [-0.3, -0.25) is 0 Å². The van der Waals surface area contributed by atoms with Crippen molar-refractivity contribution in [2.45, 2.75) is 19.8 Å². The van der Waals surface area contributed by atoms with Gasteiger partial charge in [0.15, 0.2) is 0 Å². The van der Waals surface area contributed by atoms with Crippen molar-refractivity contribution in [1.29, 1.82) is 0 Å². The van der Waals surface area contributed by atoms with Gasteiger partial charge in [-0.2, -0.15) is 0 Å². The lowest BCUT2D eigenvalue weighted by atomic mass is 10.2. The van der Waals surface area contributed by atoms with Crippen LogP contribution in [0.3, 0.4) is 0 Å².